The Morgan fingerprint density at radius 3 is 2.82 bits per heavy atom. The van der Waals surface area contributed by atoms with E-state index in [0.717, 1.165) is 32.5 Å². The molecule has 0 spiro atoms. The lowest BCUT2D eigenvalue weighted by molar-refractivity contribution is 0.130. The van der Waals surface area contributed by atoms with E-state index in [0.29, 0.717) is 0 Å². The van der Waals surface area contributed by atoms with Gasteiger partial charge in [0.1, 0.15) is 0 Å². The molecule has 0 radical (unpaired) electrons. The maximum atomic E-state index is 5.61. The minimum atomic E-state index is 0.139. The molecule has 0 aromatic heterocycles. The van der Waals surface area contributed by atoms with Crippen molar-refractivity contribution < 1.29 is 4.74 Å². The van der Waals surface area contributed by atoms with Gasteiger partial charge in [-0.15, -0.1) is 6.58 Å². The van der Waals surface area contributed by atoms with Crippen LogP contribution in [0.1, 0.15) is 26.2 Å². The molecule has 0 heterocycles. The van der Waals surface area contributed by atoms with Crippen LogP contribution in [0, 0.1) is 0 Å². The highest BCUT2D eigenvalue weighted by molar-refractivity contribution is 4.81. The summed E-state index contributed by atoms with van der Waals surface area (Å²) in [5.41, 5.74) is 5.61. The Morgan fingerprint density at radius 1 is 1.55 bits per heavy atom. The SMILES string of the molecule is C=CC(N)CCCOCCC. The molecule has 11 heavy (non-hydrogen) atoms. The second kappa shape index (κ2) is 7.76. The van der Waals surface area contributed by atoms with E-state index in [1.54, 1.807) is 6.08 Å². The van der Waals surface area contributed by atoms with Gasteiger partial charge < -0.3 is 10.5 Å². The number of nitrogens with two attached hydrogens (primary N) is 1. The van der Waals surface area contributed by atoms with Crippen molar-refractivity contribution >= 4 is 0 Å². The molecule has 0 aliphatic rings. The zero-order valence-corrected chi connectivity index (χ0v) is 7.38. The topological polar surface area (TPSA) is 35.2 Å². The van der Waals surface area contributed by atoms with E-state index in [1.165, 1.54) is 0 Å². The average molecular weight is 157 g/mol. The van der Waals surface area contributed by atoms with Crippen LogP contribution in [0.3, 0.4) is 0 Å². The monoisotopic (exact) mass is 157 g/mol. The summed E-state index contributed by atoms with van der Waals surface area (Å²) in [6, 6.07) is 0.139. The third-order valence-corrected chi connectivity index (χ3v) is 1.48. The Bertz CT molecular complexity index is 93.6. The van der Waals surface area contributed by atoms with Gasteiger partial charge in [-0.1, -0.05) is 13.0 Å². The molecule has 0 fully saturated rings. The Kier molecular flexibility index (Phi) is 7.52. The fourth-order valence-corrected chi connectivity index (χ4v) is 0.785. The molecule has 0 aromatic rings. The molecule has 0 saturated carbocycles. The molecule has 0 rings (SSSR count). The van der Waals surface area contributed by atoms with Crippen molar-refractivity contribution in [3.8, 4) is 0 Å². The summed E-state index contributed by atoms with van der Waals surface area (Å²) in [5.74, 6) is 0. The molecule has 0 amide bonds. The minimum Gasteiger partial charge on any atom is -0.381 e. The van der Waals surface area contributed by atoms with E-state index in [9.17, 15) is 0 Å². The van der Waals surface area contributed by atoms with Crippen molar-refractivity contribution in [2.75, 3.05) is 13.2 Å². The van der Waals surface area contributed by atoms with Gasteiger partial charge in [0.05, 0.1) is 0 Å². The molecule has 0 aliphatic heterocycles. The molecular formula is C9H19NO. The molecular weight excluding hydrogens is 138 g/mol. The molecule has 0 aromatic carbocycles. The molecule has 0 aliphatic carbocycles. The summed E-state index contributed by atoms with van der Waals surface area (Å²) in [6.45, 7) is 7.41. The largest absolute Gasteiger partial charge is 0.381 e. The first-order valence-electron chi connectivity index (χ1n) is 4.27. The van der Waals surface area contributed by atoms with E-state index in [2.05, 4.69) is 13.5 Å². The highest BCUT2D eigenvalue weighted by Crippen LogP contribution is 1.95. The van der Waals surface area contributed by atoms with Crippen LogP contribution in [0.5, 0.6) is 0 Å². The number of hydrogen-bond donors (Lipinski definition) is 1. The van der Waals surface area contributed by atoms with Crippen molar-refractivity contribution in [3.05, 3.63) is 12.7 Å². The first-order valence-corrected chi connectivity index (χ1v) is 4.27. The summed E-state index contributed by atoms with van der Waals surface area (Å²) >= 11 is 0. The second-order valence-electron chi connectivity index (χ2n) is 2.65. The number of rotatable bonds is 7. The zero-order valence-electron chi connectivity index (χ0n) is 7.38. The van der Waals surface area contributed by atoms with Gasteiger partial charge in [0.25, 0.3) is 0 Å². The first kappa shape index (κ1) is 10.7. The summed E-state index contributed by atoms with van der Waals surface area (Å²) in [4.78, 5) is 0. The standard InChI is InChI=1S/C9H19NO/c1-3-7-11-8-5-6-9(10)4-2/h4,9H,2-3,5-8,10H2,1H3. The van der Waals surface area contributed by atoms with Crippen LogP contribution < -0.4 is 5.73 Å². The third kappa shape index (κ3) is 7.56. The van der Waals surface area contributed by atoms with Gasteiger partial charge in [-0.25, -0.2) is 0 Å². The summed E-state index contributed by atoms with van der Waals surface area (Å²) < 4.78 is 5.29. The van der Waals surface area contributed by atoms with Gasteiger partial charge in [-0.2, -0.15) is 0 Å². The fraction of sp³-hybridized carbons (Fsp3) is 0.778. The minimum absolute atomic E-state index is 0.139. The van der Waals surface area contributed by atoms with Crippen LogP contribution in [0.15, 0.2) is 12.7 Å². The molecule has 2 heteroatoms. The van der Waals surface area contributed by atoms with Crippen LogP contribution in [0.4, 0.5) is 0 Å². The van der Waals surface area contributed by atoms with Crippen LogP contribution in [-0.4, -0.2) is 19.3 Å². The maximum absolute atomic E-state index is 5.61. The number of ether oxygens (including phenoxy) is 1. The predicted octanol–water partition coefficient (Wildman–Crippen LogP) is 1.71. The molecule has 2 nitrogen and oxygen atoms in total. The normalized spacial score (nSPS) is 12.9. The first-order chi connectivity index (χ1) is 5.31. The van der Waals surface area contributed by atoms with Crippen LogP contribution >= 0.6 is 0 Å². The van der Waals surface area contributed by atoms with Gasteiger partial charge >= 0.3 is 0 Å². The van der Waals surface area contributed by atoms with E-state index in [1.807, 2.05) is 0 Å². The Labute approximate surface area is 69.4 Å². The molecule has 2 N–H and O–H groups in total. The summed E-state index contributed by atoms with van der Waals surface area (Å²) in [7, 11) is 0. The lowest BCUT2D eigenvalue weighted by Crippen LogP contribution is -2.16. The van der Waals surface area contributed by atoms with Crippen molar-refractivity contribution in [1.29, 1.82) is 0 Å². The average Bonchev–Trinajstić information content (AvgIpc) is 2.04. The van der Waals surface area contributed by atoms with Crippen molar-refractivity contribution in [1.82, 2.24) is 0 Å². The Balaban J connectivity index is 2.95. The molecule has 0 saturated heterocycles. The van der Waals surface area contributed by atoms with E-state index < -0.39 is 0 Å². The highest BCUT2D eigenvalue weighted by atomic mass is 16.5. The summed E-state index contributed by atoms with van der Waals surface area (Å²) in [5, 5.41) is 0. The lowest BCUT2D eigenvalue weighted by Gasteiger charge is -2.05. The van der Waals surface area contributed by atoms with Crippen LogP contribution in [-0.2, 0) is 4.74 Å². The van der Waals surface area contributed by atoms with Gasteiger partial charge in [0, 0.05) is 19.3 Å². The van der Waals surface area contributed by atoms with Gasteiger partial charge in [-0.05, 0) is 19.3 Å². The van der Waals surface area contributed by atoms with Gasteiger partial charge in [0.15, 0.2) is 0 Å². The van der Waals surface area contributed by atoms with Crippen molar-refractivity contribution in [3.63, 3.8) is 0 Å². The van der Waals surface area contributed by atoms with E-state index in [-0.39, 0.29) is 6.04 Å². The zero-order chi connectivity index (χ0) is 8.53. The molecule has 0 bridgehead atoms. The number of hydrogen-bond acceptors (Lipinski definition) is 2. The smallest absolute Gasteiger partial charge is 0.0466 e. The van der Waals surface area contributed by atoms with Gasteiger partial charge in [0.2, 0.25) is 0 Å². The lowest BCUT2D eigenvalue weighted by atomic mass is 10.2. The second-order valence-corrected chi connectivity index (χ2v) is 2.65. The quantitative estimate of drug-likeness (QED) is 0.451. The third-order valence-electron chi connectivity index (χ3n) is 1.48. The van der Waals surface area contributed by atoms with E-state index in [4.69, 9.17) is 10.5 Å². The van der Waals surface area contributed by atoms with Gasteiger partial charge in [-0.3, -0.25) is 0 Å². The summed E-state index contributed by atoms with van der Waals surface area (Å²) in [6.07, 6.45) is 4.88. The van der Waals surface area contributed by atoms with Crippen LogP contribution in [0.2, 0.25) is 0 Å². The fourth-order valence-electron chi connectivity index (χ4n) is 0.785. The molecule has 1 atom stereocenters. The van der Waals surface area contributed by atoms with E-state index >= 15 is 0 Å². The maximum Gasteiger partial charge on any atom is 0.0466 e. The molecule has 66 valence electrons. The molecule has 1 unspecified atom stereocenters. The Hall–Kier alpha value is -0.340. The Morgan fingerprint density at radius 2 is 2.27 bits per heavy atom. The van der Waals surface area contributed by atoms with Crippen LogP contribution in [0.25, 0.3) is 0 Å². The highest BCUT2D eigenvalue weighted by Gasteiger charge is 1.94. The predicted molar refractivity (Wildman–Crippen MR) is 48.5 cm³/mol. The van der Waals surface area contributed by atoms with Crippen molar-refractivity contribution in [2.24, 2.45) is 5.73 Å². The van der Waals surface area contributed by atoms with Crippen molar-refractivity contribution in [2.45, 2.75) is 32.2 Å².